The molecule has 15 heavy (non-hydrogen) atoms. The van der Waals surface area contributed by atoms with E-state index in [1.54, 1.807) is 24.3 Å². The summed E-state index contributed by atoms with van der Waals surface area (Å²) in [5.41, 5.74) is 11.3. The normalized spacial score (nSPS) is 9.67. The number of hydrogen-bond acceptors (Lipinski definition) is 3. The number of urea groups is 1. The maximum atomic E-state index is 11.4. The summed E-state index contributed by atoms with van der Waals surface area (Å²) < 4.78 is 0. The second-order valence-corrected chi connectivity index (χ2v) is 3.03. The van der Waals surface area contributed by atoms with Crippen LogP contribution in [0.3, 0.4) is 0 Å². The van der Waals surface area contributed by atoms with Gasteiger partial charge in [-0.15, -0.1) is 0 Å². The van der Waals surface area contributed by atoms with Crippen molar-refractivity contribution in [3.63, 3.8) is 0 Å². The molecule has 5 nitrogen and oxygen atoms in total. The van der Waals surface area contributed by atoms with Crippen molar-refractivity contribution in [2.75, 3.05) is 11.9 Å². The molecule has 0 fully saturated rings. The fraction of sp³-hybridized carbons (Fsp3) is 0.200. The highest BCUT2D eigenvalue weighted by Crippen LogP contribution is 2.10. The molecular formula is C10H13N3O2. The number of Topliss-reactive ketones (excluding diaryl/α,β-unsaturated/α-hetero) is 1. The van der Waals surface area contributed by atoms with E-state index >= 15 is 0 Å². The van der Waals surface area contributed by atoms with Crippen molar-refractivity contribution in [3.05, 3.63) is 29.8 Å². The van der Waals surface area contributed by atoms with Gasteiger partial charge in [0, 0.05) is 17.7 Å². The number of carbonyl (C=O) groups excluding carboxylic acids is 2. The molecule has 0 atom stereocenters. The zero-order valence-electron chi connectivity index (χ0n) is 8.19. The molecule has 5 N–H and O–H groups in total. The first kappa shape index (κ1) is 11.2. The van der Waals surface area contributed by atoms with Crippen molar-refractivity contribution in [1.82, 2.24) is 0 Å². The summed E-state index contributed by atoms with van der Waals surface area (Å²) in [5.74, 6) is -0.0110. The summed E-state index contributed by atoms with van der Waals surface area (Å²) in [6.07, 6.45) is 0.322. The van der Waals surface area contributed by atoms with Gasteiger partial charge in [-0.05, 0) is 30.8 Å². The van der Waals surface area contributed by atoms with Gasteiger partial charge in [0.05, 0.1) is 0 Å². The monoisotopic (exact) mass is 207 g/mol. The fourth-order valence-electron chi connectivity index (χ4n) is 1.16. The molecular weight excluding hydrogens is 194 g/mol. The minimum atomic E-state index is -0.629. The predicted octanol–water partition coefficient (Wildman–Crippen LogP) is 0.709. The van der Waals surface area contributed by atoms with Crippen LogP contribution in [0.15, 0.2) is 24.3 Å². The molecule has 0 heterocycles. The van der Waals surface area contributed by atoms with Crippen molar-refractivity contribution < 1.29 is 9.59 Å². The number of carbonyl (C=O) groups is 2. The zero-order valence-corrected chi connectivity index (χ0v) is 8.19. The minimum absolute atomic E-state index is 0.0110. The maximum Gasteiger partial charge on any atom is 0.316 e. The number of benzene rings is 1. The number of nitrogens with one attached hydrogen (secondary N) is 1. The van der Waals surface area contributed by atoms with Crippen LogP contribution in [-0.2, 0) is 0 Å². The van der Waals surface area contributed by atoms with Crippen LogP contribution in [0, 0.1) is 0 Å². The van der Waals surface area contributed by atoms with Gasteiger partial charge < -0.3 is 16.8 Å². The van der Waals surface area contributed by atoms with Gasteiger partial charge in [0.1, 0.15) is 0 Å². The van der Waals surface area contributed by atoms with Gasteiger partial charge >= 0.3 is 6.03 Å². The predicted molar refractivity (Wildman–Crippen MR) is 57.7 cm³/mol. The lowest BCUT2D eigenvalue weighted by Gasteiger charge is -2.03. The molecule has 1 aromatic rings. The lowest BCUT2D eigenvalue weighted by molar-refractivity contribution is 0.0985. The molecule has 0 spiro atoms. The van der Waals surface area contributed by atoms with E-state index in [4.69, 9.17) is 11.5 Å². The van der Waals surface area contributed by atoms with Crippen LogP contribution >= 0.6 is 0 Å². The standard InChI is InChI=1S/C10H13N3O2/c11-6-5-9(14)7-1-3-8(4-2-7)13-10(12)15/h1-4H,5-6,11H2,(H3,12,13,15). The molecule has 0 aliphatic heterocycles. The number of primary amides is 1. The highest BCUT2D eigenvalue weighted by Gasteiger charge is 2.04. The Morgan fingerprint density at radius 1 is 1.20 bits per heavy atom. The van der Waals surface area contributed by atoms with Crippen LogP contribution in [0.5, 0.6) is 0 Å². The van der Waals surface area contributed by atoms with Crippen molar-refractivity contribution >= 4 is 17.5 Å². The Morgan fingerprint density at radius 3 is 2.27 bits per heavy atom. The average Bonchev–Trinajstić information content (AvgIpc) is 2.18. The Hall–Kier alpha value is -1.88. The van der Waals surface area contributed by atoms with Crippen molar-refractivity contribution in [2.24, 2.45) is 11.5 Å². The number of amides is 2. The third-order valence-corrected chi connectivity index (χ3v) is 1.85. The fourth-order valence-corrected chi connectivity index (χ4v) is 1.16. The van der Waals surface area contributed by atoms with Crippen LogP contribution in [-0.4, -0.2) is 18.4 Å². The third kappa shape index (κ3) is 3.40. The molecule has 1 rings (SSSR count). The molecule has 0 aliphatic rings. The SMILES string of the molecule is NCCC(=O)c1ccc(NC(N)=O)cc1. The molecule has 5 heteroatoms. The number of rotatable bonds is 4. The van der Waals surface area contributed by atoms with Crippen LogP contribution in [0.2, 0.25) is 0 Å². The lowest BCUT2D eigenvalue weighted by Crippen LogP contribution is -2.19. The average molecular weight is 207 g/mol. The van der Waals surface area contributed by atoms with Gasteiger partial charge in [0.25, 0.3) is 0 Å². The molecule has 0 unspecified atom stereocenters. The Balaban J connectivity index is 2.71. The van der Waals surface area contributed by atoms with Crippen LogP contribution in [0.25, 0.3) is 0 Å². The first-order valence-corrected chi connectivity index (χ1v) is 4.53. The molecule has 0 saturated heterocycles. The van der Waals surface area contributed by atoms with E-state index < -0.39 is 6.03 Å². The summed E-state index contributed by atoms with van der Waals surface area (Å²) in [4.78, 5) is 21.9. The summed E-state index contributed by atoms with van der Waals surface area (Å²) in [5, 5.41) is 2.41. The van der Waals surface area contributed by atoms with E-state index in [1.807, 2.05) is 0 Å². The second kappa shape index (κ2) is 5.11. The van der Waals surface area contributed by atoms with Crippen LogP contribution in [0.4, 0.5) is 10.5 Å². The molecule has 2 amide bonds. The lowest BCUT2D eigenvalue weighted by atomic mass is 10.1. The van der Waals surface area contributed by atoms with E-state index in [0.29, 0.717) is 24.2 Å². The number of nitrogens with two attached hydrogens (primary N) is 2. The van der Waals surface area contributed by atoms with E-state index in [1.165, 1.54) is 0 Å². The highest BCUT2D eigenvalue weighted by molar-refractivity contribution is 5.97. The maximum absolute atomic E-state index is 11.4. The van der Waals surface area contributed by atoms with Crippen molar-refractivity contribution in [1.29, 1.82) is 0 Å². The Kier molecular flexibility index (Phi) is 3.82. The largest absolute Gasteiger partial charge is 0.351 e. The van der Waals surface area contributed by atoms with Crippen molar-refractivity contribution in [3.8, 4) is 0 Å². The van der Waals surface area contributed by atoms with Gasteiger partial charge in [-0.3, -0.25) is 4.79 Å². The van der Waals surface area contributed by atoms with Gasteiger partial charge in [-0.2, -0.15) is 0 Å². The third-order valence-electron chi connectivity index (χ3n) is 1.85. The van der Waals surface area contributed by atoms with Gasteiger partial charge in [0.15, 0.2) is 5.78 Å². The van der Waals surface area contributed by atoms with Gasteiger partial charge in [-0.25, -0.2) is 4.79 Å². The second-order valence-electron chi connectivity index (χ2n) is 3.03. The summed E-state index contributed by atoms with van der Waals surface area (Å²) >= 11 is 0. The molecule has 0 bridgehead atoms. The Bertz CT molecular complexity index is 359. The summed E-state index contributed by atoms with van der Waals surface area (Å²) in [7, 11) is 0. The summed E-state index contributed by atoms with van der Waals surface area (Å²) in [6, 6.07) is 5.87. The Labute approximate surface area is 87.4 Å². The number of hydrogen-bond donors (Lipinski definition) is 3. The molecule has 1 aromatic carbocycles. The van der Waals surface area contributed by atoms with E-state index in [0.717, 1.165) is 0 Å². The van der Waals surface area contributed by atoms with Crippen molar-refractivity contribution in [2.45, 2.75) is 6.42 Å². The smallest absolute Gasteiger partial charge is 0.316 e. The van der Waals surface area contributed by atoms with Gasteiger partial charge in [-0.1, -0.05) is 0 Å². The molecule has 80 valence electrons. The van der Waals surface area contributed by atoms with E-state index in [-0.39, 0.29) is 5.78 Å². The number of anilines is 1. The quantitative estimate of drug-likeness (QED) is 0.634. The molecule has 0 radical (unpaired) electrons. The van der Waals surface area contributed by atoms with Crippen LogP contribution in [0.1, 0.15) is 16.8 Å². The first-order chi connectivity index (χ1) is 7.13. The zero-order chi connectivity index (χ0) is 11.3. The number of ketones is 1. The minimum Gasteiger partial charge on any atom is -0.351 e. The molecule has 0 aliphatic carbocycles. The highest BCUT2D eigenvalue weighted by atomic mass is 16.2. The molecule has 0 aromatic heterocycles. The molecule has 0 saturated carbocycles. The first-order valence-electron chi connectivity index (χ1n) is 4.53. The Morgan fingerprint density at radius 2 is 1.80 bits per heavy atom. The van der Waals surface area contributed by atoms with E-state index in [2.05, 4.69) is 5.32 Å². The topological polar surface area (TPSA) is 98.2 Å². The van der Waals surface area contributed by atoms with Crippen LogP contribution < -0.4 is 16.8 Å². The van der Waals surface area contributed by atoms with E-state index in [9.17, 15) is 9.59 Å². The van der Waals surface area contributed by atoms with Gasteiger partial charge in [0.2, 0.25) is 0 Å². The summed E-state index contributed by atoms with van der Waals surface area (Å²) in [6.45, 7) is 0.333.